The Hall–Kier alpha value is -3.06. The number of hydrogen-bond acceptors (Lipinski definition) is 3. The number of nitrogens with zero attached hydrogens (tertiary/aromatic N) is 2. The van der Waals surface area contributed by atoms with Gasteiger partial charge in [0.2, 0.25) is 11.8 Å². The second-order valence-corrected chi connectivity index (χ2v) is 9.89. The van der Waals surface area contributed by atoms with Crippen molar-refractivity contribution in [3.05, 3.63) is 77.1 Å². The standard InChI is InChI=1S/C28H27ClN4O2.ClH/c29-19-6-7-26-21(14-19)23(16-30-26)18-8-12-32(13-9-18)10-3-11-33-27(34)15-22(28(33)35)24-17-31-25-5-2-1-4-20(24)25;/h1-2,4-8,14,16-17,22,30-31H,3,9-13,15H2;1H. The van der Waals surface area contributed by atoms with Gasteiger partial charge < -0.3 is 9.97 Å². The van der Waals surface area contributed by atoms with Crippen LogP contribution in [-0.2, 0) is 9.59 Å². The number of aromatic nitrogens is 2. The highest BCUT2D eigenvalue weighted by Gasteiger charge is 2.40. The largest absolute Gasteiger partial charge is 0.361 e. The van der Waals surface area contributed by atoms with E-state index in [0.29, 0.717) is 6.54 Å². The zero-order chi connectivity index (χ0) is 23.9. The fraction of sp³-hybridized carbons (Fsp3) is 0.286. The molecular weight excluding hydrogens is 495 g/mol. The smallest absolute Gasteiger partial charge is 0.237 e. The van der Waals surface area contributed by atoms with E-state index < -0.39 is 0 Å². The number of H-pyrrole nitrogens is 2. The molecule has 1 fully saturated rings. The molecule has 2 aromatic heterocycles. The van der Waals surface area contributed by atoms with Crippen LogP contribution in [-0.4, -0.2) is 57.8 Å². The zero-order valence-corrected chi connectivity index (χ0v) is 21.4. The molecule has 4 aromatic rings. The third kappa shape index (κ3) is 4.45. The third-order valence-corrected chi connectivity index (χ3v) is 7.61. The van der Waals surface area contributed by atoms with Crippen molar-refractivity contribution in [3.8, 4) is 0 Å². The average molecular weight is 523 g/mol. The molecule has 4 heterocycles. The van der Waals surface area contributed by atoms with E-state index in [-0.39, 0.29) is 36.6 Å². The van der Waals surface area contributed by atoms with Crippen molar-refractivity contribution in [2.45, 2.75) is 25.2 Å². The number of hydrogen-bond donors (Lipinski definition) is 2. The molecule has 0 saturated carbocycles. The summed E-state index contributed by atoms with van der Waals surface area (Å²) in [5.41, 5.74) is 5.57. The Morgan fingerprint density at radius 3 is 2.61 bits per heavy atom. The number of imide groups is 1. The second-order valence-electron chi connectivity index (χ2n) is 9.46. The molecule has 0 radical (unpaired) electrons. The molecule has 1 unspecified atom stereocenters. The van der Waals surface area contributed by atoms with Crippen LogP contribution in [0.25, 0.3) is 27.4 Å². The van der Waals surface area contributed by atoms with Crippen molar-refractivity contribution in [2.75, 3.05) is 26.2 Å². The molecule has 0 bridgehead atoms. The van der Waals surface area contributed by atoms with Gasteiger partial charge in [0.1, 0.15) is 0 Å². The van der Waals surface area contributed by atoms with Crippen LogP contribution in [0, 0.1) is 0 Å². The van der Waals surface area contributed by atoms with E-state index in [1.54, 1.807) is 0 Å². The molecule has 36 heavy (non-hydrogen) atoms. The predicted octanol–water partition coefficient (Wildman–Crippen LogP) is 5.75. The molecule has 2 N–H and O–H groups in total. The molecule has 2 aliphatic heterocycles. The van der Waals surface area contributed by atoms with Gasteiger partial charge in [0.25, 0.3) is 0 Å². The van der Waals surface area contributed by atoms with Gasteiger partial charge in [0.15, 0.2) is 0 Å². The summed E-state index contributed by atoms with van der Waals surface area (Å²) in [6, 6.07) is 13.9. The van der Waals surface area contributed by atoms with Crippen molar-refractivity contribution in [3.63, 3.8) is 0 Å². The Morgan fingerprint density at radius 1 is 0.972 bits per heavy atom. The third-order valence-electron chi connectivity index (χ3n) is 7.38. The van der Waals surface area contributed by atoms with E-state index >= 15 is 0 Å². The number of halogens is 2. The van der Waals surface area contributed by atoms with Crippen molar-refractivity contribution < 1.29 is 9.59 Å². The Kier molecular flexibility index (Phi) is 6.93. The molecule has 1 atom stereocenters. The van der Waals surface area contributed by atoms with Crippen LogP contribution < -0.4 is 0 Å². The maximum atomic E-state index is 13.1. The summed E-state index contributed by atoms with van der Waals surface area (Å²) >= 11 is 6.21. The highest BCUT2D eigenvalue weighted by atomic mass is 35.5. The fourth-order valence-electron chi connectivity index (χ4n) is 5.51. The van der Waals surface area contributed by atoms with Crippen LogP contribution >= 0.6 is 24.0 Å². The molecule has 186 valence electrons. The Labute approximate surface area is 220 Å². The van der Waals surface area contributed by atoms with Gasteiger partial charge in [-0.05, 0) is 48.2 Å². The molecule has 6 nitrogen and oxygen atoms in total. The fourth-order valence-corrected chi connectivity index (χ4v) is 5.69. The van der Waals surface area contributed by atoms with Crippen molar-refractivity contribution in [2.24, 2.45) is 0 Å². The van der Waals surface area contributed by atoms with Crippen molar-refractivity contribution in [1.29, 1.82) is 0 Å². The van der Waals surface area contributed by atoms with Gasteiger partial charge in [-0.15, -0.1) is 12.4 Å². The van der Waals surface area contributed by atoms with E-state index in [9.17, 15) is 9.59 Å². The van der Waals surface area contributed by atoms with Crippen LogP contribution in [0.5, 0.6) is 0 Å². The van der Waals surface area contributed by atoms with Crippen LogP contribution in [0.2, 0.25) is 5.02 Å². The number of likely N-dealkylation sites (tertiary alicyclic amines) is 1. The number of amides is 2. The number of benzene rings is 2. The summed E-state index contributed by atoms with van der Waals surface area (Å²) in [5.74, 6) is -0.522. The maximum Gasteiger partial charge on any atom is 0.237 e. The molecular formula is C28H28Cl2N4O2. The van der Waals surface area contributed by atoms with Gasteiger partial charge in [-0.2, -0.15) is 0 Å². The van der Waals surface area contributed by atoms with Gasteiger partial charge in [-0.1, -0.05) is 35.9 Å². The summed E-state index contributed by atoms with van der Waals surface area (Å²) in [4.78, 5) is 36.2. The minimum absolute atomic E-state index is 0. The number of fused-ring (bicyclic) bond motifs is 2. The zero-order valence-electron chi connectivity index (χ0n) is 19.8. The molecule has 1 saturated heterocycles. The molecule has 2 aliphatic rings. The first kappa shape index (κ1) is 24.6. The molecule has 2 aromatic carbocycles. The van der Waals surface area contributed by atoms with Crippen LogP contribution in [0.4, 0.5) is 0 Å². The highest BCUT2D eigenvalue weighted by Crippen LogP contribution is 2.34. The summed E-state index contributed by atoms with van der Waals surface area (Å²) in [5, 5.41) is 2.93. The minimum atomic E-state index is -0.385. The first-order chi connectivity index (χ1) is 17.1. The van der Waals surface area contributed by atoms with E-state index in [4.69, 9.17) is 11.6 Å². The quantitative estimate of drug-likeness (QED) is 0.317. The lowest BCUT2D eigenvalue weighted by Gasteiger charge is -2.27. The van der Waals surface area contributed by atoms with Crippen LogP contribution in [0.3, 0.4) is 0 Å². The molecule has 6 rings (SSSR count). The number of para-hydroxylation sites is 1. The van der Waals surface area contributed by atoms with E-state index in [1.807, 2.05) is 48.7 Å². The molecule has 0 spiro atoms. The summed E-state index contributed by atoms with van der Waals surface area (Å²) in [7, 11) is 0. The summed E-state index contributed by atoms with van der Waals surface area (Å²) < 4.78 is 0. The number of carbonyl (C=O) groups is 2. The Balaban J connectivity index is 0.00000267. The average Bonchev–Trinajstić information content (AvgIpc) is 3.56. The normalized spacial score (nSPS) is 18.8. The SMILES string of the molecule is Cl.O=C1CC(c2c[nH]c3ccccc23)C(=O)N1CCCN1CC=C(c2c[nH]c3ccc(Cl)cc23)CC1. The lowest BCUT2D eigenvalue weighted by molar-refractivity contribution is -0.138. The topological polar surface area (TPSA) is 72.2 Å². The maximum absolute atomic E-state index is 13.1. The highest BCUT2D eigenvalue weighted by molar-refractivity contribution is 6.31. The van der Waals surface area contributed by atoms with E-state index in [2.05, 4.69) is 27.1 Å². The molecule has 0 aliphatic carbocycles. The molecule has 2 amide bonds. The van der Waals surface area contributed by atoms with Gasteiger partial charge >= 0.3 is 0 Å². The van der Waals surface area contributed by atoms with Gasteiger partial charge in [-0.25, -0.2) is 0 Å². The van der Waals surface area contributed by atoms with Crippen molar-refractivity contribution in [1.82, 2.24) is 19.8 Å². The lowest BCUT2D eigenvalue weighted by atomic mass is 9.97. The van der Waals surface area contributed by atoms with Gasteiger partial charge in [0.05, 0.1) is 5.92 Å². The van der Waals surface area contributed by atoms with E-state index in [1.165, 1.54) is 16.0 Å². The van der Waals surface area contributed by atoms with Gasteiger partial charge in [-0.3, -0.25) is 19.4 Å². The minimum Gasteiger partial charge on any atom is -0.361 e. The Bertz CT molecular complexity index is 1470. The summed E-state index contributed by atoms with van der Waals surface area (Å²) in [6.45, 7) is 3.16. The van der Waals surface area contributed by atoms with Gasteiger partial charge in [0, 0.05) is 77.4 Å². The van der Waals surface area contributed by atoms with E-state index in [0.717, 1.165) is 64.9 Å². The van der Waals surface area contributed by atoms with Crippen LogP contribution in [0.1, 0.15) is 36.3 Å². The lowest BCUT2D eigenvalue weighted by Crippen LogP contribution is -2.35. The first-order valence-corrected chi connectivity index (χ1v) is 12.5. The number of rotatable bonds is 6. The van der Waals surface area contributed by atoms with Crippen molar-refractivity contribution >= 4 is 63.2 Å². The number of aromatic amines is 2. The second kappa shape index (κ2) is 10.1. The Morgan fingerprint density at radius 2 is 1.78 bits per heavy atom. The predicted molar refractivity (Wildman–Crippen MR) is 147 cm³/mol. The van der Waals surface area contributed by atoms with Crippen LogP contribution in [0.15, 0.2) is 60.9 Å². The number of carbonyl (C=O) groups excluding carboxylic acids is 2. The first-order valence-electron chi connectivity index (χ1n) is 12.2. The molecule has 8 heteroatoms. The summed E-state index contributed by atoms with van der Waals surface area (Å²) in [6.07, 6.45) is 8.23. The number of nitrogens with one attached hydrogen (secondary N) is 2. The monoisotopic (exact) mass is 522 g/mol.